The Morgan fingerprint density at radius 1 is 0.356 bits per heavy atom. The lowest BCUT2D eigenvalue weighted by Gasteiger charge is -1.92. The van der Waals surface area contributed by atoms with Crippen molar-refractivity contribution in [3.05, 3.63) is 191 Å². The van der Waals surface area contributed by atoms with E-state index < -0.39 is 0 Å². The molecule has 0 aliphatic carbocycles. The van der Waals surface area contributed by atoms with Gasteiger partial charge in [0.25, 0.3) is 0 Å². The first-order valence-electron chi connectivity index (χ1n) is 30.2. The number of aryl methyl sites for hydroxylation is 10. The molecule has 466 valence electrons. The van der Waals surface area contributed by atoms with Crippen molar-refractivity contribution in [3.8, 4) is 0 Å². The number of fused-ring (bicyclic) bond motifs is 7. The van der Waals surface area contributed by atoms with Crippen LogP contribution in [0.25, 0.3) is 70.9 Å². The summed E-state index contributed by atoms with van der Waals surface area (Å²) in [6.07, 6.45) is 9.06. The molecule has 16 nitrogen and oxygen atoms in total. The van der Waals surface area contributed by atoms with Gasteiger partial charge in [-0.25, -0.2) is 49.8 Å². The molecule has 0 amide bonds. The van der Waals surface area contributed by atoms with Crippen LogP contribution in [0.1, 0.15) is 142 Å². The summed E-state index contributed by atoms with van der Waals surface area (Å²) in [4.78, 5) is 46.2. The summed E-state index contributed by atoms with van der Waals surface area (Å²) >= 11 is 3.42. The minimum Gasteiger partial charge on any atom is -0.441 e. The van der Waals surface area contributed by atoms with Crippen LogP contribution in [0.5, 0.6) is 0 Å². The van der Waals surface area contributed by atoms with E-state index in [0.29, 0.717) is 11.5 Å². The zero-order valence-corrected chi connectivity index (χ0v) is 57.9. The summed E-state index contributed by atoms with van der Waals surface area (Å²) in [7, 11) is 3.94. The van der Waals surface area contributed by atoms with Gasteiger partial charge in [-0.2, -0.15) is 4.98 Å². The number of hydrogen-bond acceptors (Lipinski definition) is 15. The molecule has 0 fully saturated rings. The van der Waals surface area contributed by atoms with Crippen molar-refractivity contribution >= 4 is 93.5 Å². The Bertz CT molecular complexity index is 3450. The van der Waals surface area contributed by atoms with E-state index in [0.717, 1.165) is 89.1 Å². The summed E-state index contributed by atoms with van der Waals surface area (Å²) in [5, 5.41) is 2.22. The molecule has 0 saturated carbocycles. The Morgan fingerprint density at radius 2 is 0.782 bits per heavy atom. The molecule has 0 N–H and O–H groups in total. The van der Waals surface area contributed by atoms with E-state index in [4.69, 9.17) is 8.83 Å². The van der Waals surface area contributed by atoms with Gasteiger partial charge in [0.05, 0.1) is 30.6 Å². The average Bonchev–Trinajstić information content (AvgIpc) is 3.03. The molecule has 87 heavy (non-hydrogen) atoms. The number of imidazole rings is 3. The van der Waals surface area contributed by atoms with E-state index in [1.165, 1.54) is 15.1 Å². The first-order chi connectivity index (χ1) is 42.3. The maximum absolute atomic E-state index is 5.26. The van der Waals surface area contributed by atoms with E-state index in [1.807, 2.05) is 284 Å². The van der Waals surface area contributed by atoms with E-state index >= 15 is 0 Å². The number of pyridine rings is 5. The number of para-hydroxylation sites is 3. The molecule has 0 spiro atoms. The molecule has 0 unspecified atom stereocenters. The highest BCUT2D eigenvalue weighted by molar-refractivity contribution is 7.18. The first kappa shape index (κ1) is 76.4. The third-order valence-electron chi connectivity index (χ3n) is 11.1. The Labute approximate surface area is 525 Å². The van der Waals surface area contributed by atoms with Gasteiger partial charge in [-0.15, -0.1) is 22.7 Å². The normalized spacial score (nSPS) is 9.38. The highest BCUT2D eigenvalue weighted by Gasteiger charge is 2.05. The van der Waals surface area contributed by atoms with Gasteiger partial charge < -0.3 is 22.4 Å². The van der Waals surface area contributed by atoms with E-state index in [1.54, 1.807) is 47.5 Å². The van der Waals surface area contributed by atoms with Crippen LogP contribution in [0, 0.1) is 55.4 Å². The van der Waals surface area contributed by atoms with Crippen LogP contribution in [-0.4, -0.2) is 68.4 Å². The Hall–Kier alpha value is -8.61. The molecule has 14 rings (SSSR count). The third-order valence-corrected chi connectivity index (χ3v) is 12.9. The molecule has 0 bridgehead atoms. The van der Waals surface area contributed by atoms with Crippen molar-refractivity contribution < 1.29 is 8.83 Å². The van der Waals surface area contributed by atoms with Crippen molar-refractivity contribution in [1.29, 1.82) is 0 Å². The Balaban J connectivity index is 0.000000490. The molecule has 0 aliphatic heterocycles. The summed E-state index contributed by atoms with van der Waals surface area (Å²) < 4.78 is 19.0. The van der Waals surface area contributed by atoms with Crippen LogP contribution in [0.3, 0.4) is 0 Å². The van der Waals surface area contributed by atoms with Gasteiger partial charge in [0.15, 0.2) is 45.5 Å². The highest BCUT2D eigenvalue weighted by Crippen LogP contribution is 2.21. The first-order valence-corrected chi connectivity index (χ1v) is 31.8. The molecular weight excluding hydrogens is 1120 g/mol. The van der Waals surface area contributed by atoms with Gasteiger partial charge in [0.2, 0.25) is 0 Å². The van der Waals surface area contributed by atoms with Crippen LogP contribution >= 0.6 is 22.7 Å². The van der Waals surface area contributed by atoms with Gasteiger partial charge in [-0.05, 0) is 126 Å². The maximum Gasteiger partial charge on any atom is 0.198 e. The Morgan fingerprint density at radius 3 is 1.31 bits per heavy atom. The van der Waals surface area contributed by atoms with Gasteiger partial charge >= 0.3 is 0 Å². The van der Waals surface area contributed by atoms with Crippen molar-refractivity contribution in [2.45, 2.75) is 152 Å². The second-order valence-electron chi connectivity index (χ2n) is 16.4. The smallest absolute Gasteiger partial charge is 0.198 e. The standard InChI is InChI=1S/C9H10N2.2C8H9N3.C8H7NO.C8H7NS.C7H6N2O.C7H6N2S.7C2H6/c1-7-8(2)11-6-4-3-5-9(11)10-7;2*1-6-10-7-4-3-5-9-8(7)11(6)2;2*1-6-9-7-4-2-3-5-8(7)10-6;2*1-5-9-7-6(10-5)3-2-4-8-7;7*1-2/h3-6H,1-2H3;2*3-5H,1-2H3;2*2-5H,1H3;2*2-4H,1H3;7*1-2H3. The molecule has 2 aromatic carbocycles. The SMILES string of the molecule is CC.CC.CC.CC.CC.CC.CC.Cc1nc2ccccc2o1.Cc1nc2ccccc2s1.Cc1nc2ccccn2c1C.Cc1nc2cccnc2n1C.Cc1nc2cccnc2n1C.Cc1nc2ncccc2o1.Cc1nc2ncccc2s1. The largest absolute Gasteiger partial charge is 0.441 e. The van der Waals surface area contributed by atoms with Crippen LogP contribution in [-0.2, 0) is 14.1 Å². The predicted molar refractivity (Wildman–Crippen MR) is 372 cm³/mol. The lowest BCUT2D eigenvalue weighted by Crippen LogP contribution is -1.91. The van der Waals surface area contributed by atoms with E-state index in [-0.39, 0.29) is 0 Å². The maximum atomic E-state index is 5.26. The predicted octanol–water partition coefficient (Wildman–Crippen LogP) is 20.0. The van der Waals surface area contributed by atoms with Crippen molar-refractivity contribution in [2.75, 3.05) is 0 Å². The lowest BCUT2D eigenvalue weighted by molar-refractivity contribution is 0.560. The lowest BCUT2D eigenvalue weighted by atomic mass is 10.3. The molecular formula is C69H96N14O2S2. The van der Waals surface area contributed by atoms with Crippen molar-refractivity contribution in [3.63, 3.8) is 0 Å². The van der Waals surface area contributed by atoms with Crippen LogP contribution in [0.2, 0.25) is 0 Å². The van der Waals surface area contributed by atoms with E-state index in [9.17, 15) is 0 Å². The molecule has 0 aliphatic rings. The zero-order chi connectivity index (χ0) is 65.4. The van der Waals surface area contributed by atoms with Crippen LogP contribution in [0.15, 0.2) is 155 Å². The monoisotopic (exact) mass is 1220 g/mol. The zero-order valence-electron chi connectivity index (χ0n) is 56.3. The fraction of sp³-hybridized carbons (Fsp3) is 0.348. The molecule has 14 aromatic rings. The molecule has 18 heteroatoms. The molecule has 0 radical (unpaired) electrons. The van der Waals surface area contributed by atoms with Crippen LogP contribution < -0.4 is 0 Å². The molecule has 12 aromatic heterocycles. The third kappa shape index (κ3) is 23.6. The van der Waals surface area contributed by atoms with Gasteiger partial charge in [0, 0.05) is 64.6 Å². The topological polar surface area (TPSA) is 182 Å². The fourth-order valence-electron chi connectivity index (χ4n) is 7.24. The number of thiazole rings is 2. The molecule has 0 saturated heterocycles. The number of hydrogen-bond donors (Lipinski definition) is 0. The van der Waals surface area contributed by atoms with Gasteiger partial charge in [-0.3, -0.25) is 0 Å². The minimum atomic E-state index is 0.661. The number of oxazole rings is 2. The summed E-state index contributed by atoms with van der Waals surface area (Å²) in [5.74, 6) is 3.38. The summed E-state index contributed by atoms with van der Waals surface area (Å²) in [5.41, 5.74) is 12.4. The number of benzene rings is 2. The molecule has 12 heterocycles. The number of nitrogens with zero attached hydrogens (tertiary/aromatic N) is 14. The fourth-order valence-corrected chi connectivity index (χ4v) is 8.85. The average molecular weight is 1220 g/mol. The van der Waals surface area contributed by atoms with E-state index in [2.05, 4.69) is 72.2 Å². The van der Waals surface area contributed by atoms with Crippen molar-refractivity contribution in [2.24, 2.45) is 14.1 Å². The Kier molecular flexibility index (Phi) is 37.8. The summed E-state index contributed by atoms with van der Waals surface area (Å²) in [6, 6.07) is 37.3. The van der Waals surface area contributed by atoms with Gasteiger partial charge in [-0.1, -0.05) is 127 Å². The van der Waals surface area contributed by atoms with Gasteiger partial charge in [0.1, 0.15) is 33.8 Å². The number of rotatable bonds is 0. The molecule has 0 atom stereocenters. The second kappa shape index (κ2) is 43.1. The highest BCUT2D eigenvalue weighted by atomic mass is 32.1. The quantitative estimate of drug-likeness (QED) is 0.140. The summed E-state index contributed by atoms with van der Waals surface area (Å²) in [6.45, 7) is 43.7. The minimum absolute atomic E-state index is 0.661. The van der Waals surface area contributed by atoms with Crippen LogP contribution in [0.4, 0.5) is 0 Å². The van der Waals surface area contributed by atoms with Crippen molar-refractivity contribution in [1.82, 2.24) is 68.4 Å². The number of aromatic nitrogens is 14. The second-order valence-corrected chi connectivity index (χ2v) is 18.8.